The lowest BCUT2D eigenvalue weighted by molar-refractivity contribution is 0.414. The van der Waals surface area contributed by atoms with Crippen molar-refractivity contribution in [1.29, 1.82) is 0 Å². The van der Waals surface area contributed by atoms with Crippen LogP contribution in [0.3, 0.4) is 0 Å². The summed E-state index contributed by atoms with van der Waals surface area (Å²) >= 11 is 0. The van der Waals surface area contributed by atoms with Gasteiger partial charge in [-0.2, -0.15) is 0 Å². The highest BCUT2D eigenvalue weighted by atomic mass is 35.7. The van der Waals surface area contributed by atoms with E-state index in [-0.39, 0.29) is 0 Å². The van der Waals surface area contributed by atoms with Crippen molar-refractivity contribution in [2.24, 2.45) is 0 Å². The molecule has 0 aromatic heterocycles. The summed E-state index contributed by atoms with van der Waals surface area (Å²) in [7, 11) is 4.49. The zero-order valence-electron chi connectivity index (χ0n) is 6.62. The number of halogens is 1. The first-order valence-corrected chi connectivity index (χ1v) is 5.80. The highest BCUT2D eigenvalue weighted by Crippen LogP contribution is 2.18. The molecule has 1 aromatic carbocycles. The van der Waals surface area contributed by atoms with E-state index in [1.165, 1.54) is 0 Å². The Morgan fingerprint density at radius 1 is 1.42 bits per heavy atom. The summed E-state index contributed by atoms with van der Waals surface area (Å²) in [4.78, 5) is 0.518. The Hall–Kier alpha value is -0.670. The quantitative estimate of drug-likeness (QED) is 0.544. The molecule has 1 atom stereocenters. The molecule has 1 rings (SSSR count). The van der Waals surface area contributed by atoms with E-state index in [0.717, 1.165) is 0 Å². The van der Waals surface area contributed by atoms with Crippen LogP contribution in [0.15, 0.2) is 29.2 Å². The predicted molar refractivity (Wildman–Crippen MR) is 52.4 cm³/mol. The lowest BCUT2D eigenvalue weighted by atomic mass is 10.3. The van der Waals surface area contributed by atoms with E-state index in [4.69, 9.17) is 15.4 Å². The molecule has 0 aliphatic rings. The Morgan fingerprint density at radius 3 is 2.25 bits per heavy atom. The fourth-order valence-electron chi connectivity index (χ4n) is 0.779. The number of hydrogen-bond acceptors (Lipinski definition) is 2. The molecule has 0 aliphatic carbocycles. The van der Waals surface area contributed by atoms with Gasteiger partial charge in [-0.1, -0.05) is 0 Å². The average Bonchev–Trinajstić information content (AvgIpc) is 2.03. The molecule has 4 heteroatoms. The first-order valence-electron chi connectivity index (χ1n) is 3.25. The van der Waals surface area contributed by atoms with Crippen LogP contribution < -0.4 is 4.74 Å². The van der Waals surface area contributed by atoms with E-state index in [0.29, 0.717) is 10.6 Å². The monoisotopic (exact) mass is 204 g/mol. The molecule has 12 heavy (non-hydrogen) atoms. The molecule has 0 radical (unpaired) electrons. The van der Waals surface area contributed by atoms with E-state index in [1.807, 2.05) is 0 Å². The zero-order valence-corrected chi connectivity index (χ0v) is 8.19. The molecule has 1 unspecified atom stereocenters. The van der Waals surface area contributed by atoms with Gasteiger partial charge in [0, 0.05) is 4.90 Å². The molecule has 0 heterocycles. The number of ether oxygens (including phenoxy) is 1. The van der Waals surface area contributed by atoms with Gasteiger partial charge in [-0.3, -0.25) is 0 Å². The minimum atomic E-state index is -2.61. The van der Waals surface area contributed by atoms with Crippen LogP contribution in [0.2, 0.25) is 0 Å². The third kappa shape index (κ3) is 2.16. The van der Waals surface area contributed by atoms with Crippen molar-refractivity contribution in [3.63, 3.8) is 0 Å². The van der Waals surface area contributed by atoms with Gasteiger partial charge in [-0.05, 0) is 40.8 Å². The largest absolute Gasteiger partial charge is 0.497 e. The molecule has 0 N–H and O–H groups in total. The van der Waals surface area contributed by atoms with Gasteiger partial charge in [0.25, 0.3) is 0 Å². The topological polar surface area (TPSA) is 26.3 Å². The van der Waals surface area contributed by atoms with Crippen molar-refractivity contribution in [1.82, 2.24) is 0 Å². The molecule has 0 amide bonds. The second-order valence-electron chi connectivity index (χ2n) is 2.27. The normalized spacial score (nSPS) is 15.2. The molecule has 1 aromatic rings. The van der Waals surface area contributed by atoms with Gasteiger partial charge in [0.15, 0.2) is 0 Å². The molecule has 0 spiro atoms. The Morgan fingerprint density at radius 2 is 1.92 bits per heavy atom. The minimum absolute atomic E-state index is 0.518. The van der Waals surface area contributed by atoms with E-state index in [9.17, 15) is 4.21 Å². The van der Waals surface area contributed by atoms with Crippen LogP contribution in [-0.2, 0) is 8.74 Å². The summed E-state index contributed by atoms with van der Waals surface area (Å²) in [6.07, 6.45) is 0. The van der Waals surface area contributed by atoms with Crippen LogP contribution >= 0.6 is 10.7 Å². The second-order valence-corrected chi connectivity index (χ2v) is 5.43. The van der Waals surface area contributed by atoms with Gasteiger partial charge in [0.05, 0.1) is 15.8 Å². The van der Waals surface area contributed by atoms with Crippen LogP contribution in [-0.4, -0.2) is 17.2 Å². The van der Waals surface area contributed by atoms with Gasteiger partial charge in [0.1, 0.15) is 5.75 Å². The summed E-state index contributed by atoms with van der Waals surface area (Å²) in [5.74, 6) is 4.06. The average molecular weight is 205 g/mol. The maximum atomic E-state index is 11.2. The van der Waals surface area contributed by atoms with Gasteiger partial charge in [-0.15, -0.1) is 0 Å². The first kappa shape index (κ1) is 9.42. The van der Waals surface area contributed by atoms with E-state index >= 15 is 0 Å². The smallest absolute Gasteiger partial charge is 0.118 e. The van der Waals surface area contributed by atoms with Crippen LogP contribution in [0, 0.1) is 0 Å². The molecule has 66 valence electrons. The molecular weight excluding hydrogens is 196 g/mol. The minimum Gasteiger partial charge on any atom is -0.497 e. The Bertz CT molecular complexity index is 353. The molecule has 0 fully saturated rings. The molecule has 0 saturated carbocycles. The predicted octanol–water partition coefficient (Wildman–Crippen LogP) is 1.92. The van der Waals surface area contributed by atoms with Gasteiger partial charge >= 0.3 is 0 Å². The van der Waals surface area contributed by atoms with Gasteiger partial charge in [0.2, 0.25) is 0 Å². The standard InChI is InChI=1S/C8H9ClO2S/c1-11-7-3-5-8(6-4-7)12(2,9)10/h3-6H,2H2,1H3. The summed E-state index contributed by atoms with van der Waals surface area (Å²) in [5, 5.41) is 0. The number of benzene rings is 1. The Kier molecular flexibility index (Phi) is 2.65. The molecule has 0 saturated heterocycles. The number of methoxy groups -OCH3 is 1. The van der Waals surface area contributed by atoms with Crippen LogP contribution in [0.4, 0.5) is 0 Å². The Labute approximate surface area is 76.6 Å². The van der Waals surface area contributed by atoms with Crippen molar-refractivity contribution >= 4 is 25.3 Å². The lowest BCUT2D eigenvalue weighted by Crippen LogP contribution is -1.89. The van der Waals surface area contributed by atoms with Gasteiger partial charge in [-0.25, -0.2) is 4.21 Å². The van der Waals surface area contributed by atoms with E-state index in [1.54, 1.807) is 31.4 Å². The van der Waals surface area contributed by atoms with Crippen molar-refractivity contribution in [2.75, 3.05) is 7.11 Å². The second kappa shape index (κ2) is 3.37. The third-order valence-electron chi connectivity index (χ3n) is 1.41. The lowest BCUT2D eigenvalue weighted by Gasteiger charge is -2.01. The van der Waals surface area contributed by atoms with Crippen molar-refractivity contribution < 1.29 is 8.95 Å². The maximum Gasteiger partial charge on any atom is 0.118 e. The van der Waals surface area contributed by atoms with Crippen molar-refractivity contribution in [3.8, 4) is 5.75 Å². The van der Waals surface area contributed by atoms with Gasteiger partial charge < -0.3 is 4.74 Å². The summed E-state index contributed by atoms with van der Waals surface area (Å²) in [5.41, 5.74) is 0. The molecular formula is C8H9ClO2S. The van der Waals surface area contributed by atoms with Crippen LogP contribution in [0.25, 0.3) is 0 Å². The third-order valence-corrected chi connectivity index (χ3v) is 2.92. The van der Waals surface area contributed by atoms with Crippen LogP contribution in [0.1, 0.15) is 0 Å². The Balaban J connectivity index is 3.09. The van der Waals surface area contributed by atoms with Crippen molar-refractivity contribution in [2.45, 2.75) is 4.90 Å². The maximum absolute atomic E-state index is 11.2. The fraction of sp³-hybridized carbons (Fsp3) is 0.125. The molecule has 0 bridgehead atoms. The first-order chi connectivity index (χ1) is 5.54. The molecule has 2 nitrogen and oxygen atoms in total. The van der Waals surface area contributed by atoms with E-state index in [2.05, 4.69) is 5.87 Å². The van der Waals surface area contributed by atoms with Crippen LogP contribution in [0.5, 0.6) is 5.75 Å². The zero-order chi connectivity index (χ0) is 9.19. The highest BCUT2D eigenvalue weighted by molar-refractivity contribution is 8.21. The summed E-state index contributed by atoms with van der Waals surface area (Å²) in [6, 6.07) is 6.67. The summed E-state index contributed by atoms with van der Waals surface area (Å²) in [6.45, 7) is 0. The van der Waals surface area contributed by atoms with E-state index < -0.39 is 8.74 Å². The SMILES string of the molecule is C=S(=O)(Cl)c1ccc(OC)cc1. The van der Waals surface area contributed by atoms with Crippen molar-refractivity contribution in [3.05, 3.63) is 24.3 Å². The summed E-state index contributed by atoms with van der Waals surface area (Å²) < 4.78 is 16.1. The highest BCUT2D eigenvalue weighted by Gasteiger charge is 2.02. The fourth-order valence-corrected chi connectivity index (χ4v) is 1.63. The molecule has 0 aliphatic heterocycles. The number of rotatable bonds is 2. The number of hydrogen-bond donors (Lipinski definition) is 0.